The summed E-state index contributed by atoms with van der Waals surface area (Å²) in [4.78, 5) is 11.6. The molecule has 1 saturated carbocycles. The van der Waals surface area contributed by atoms with Crippen LogP contribution in [0.25, 0.3) is 0 Å². The molecule has 21 heavy (non-hydrogen) atoms. The van der Waals surface area contributed by atoms with Crippen LogP contribution in [0.5, 0.6) is 0 Å². The quantitative estimate of drug-likeness (QED) is 0.813. The molecule has 1 aliphatic carbocycles. The maximum absolute atomic E-state index is 11.6. The summed E-state index contributed by atoms with van der Waals surface area (Å²) in [6.07, 6.45) is 4.03. The summed E-state index contributed by atoms with van der Waals surface area (Å²) in [5, 5.41) is 9.01. The van der Waals surface area contributed by atoms with Crippen LogP contribution in [0.2, 0.25) is 0 Å². The summed E-state index contributed by atoms with van der Waals surface area (Å²) in [7, 11) is 0. The highest BCUT2D eigenvalue weighted by Gasteiger charge is 2.66. The number of rotatable bonds is 3. The topological polar surface area (TPSA) is 55.8 Å². The van der Waals surface area contributed by atoms with E-state index in [0.29, 0.717) is 17.8 Å². The number of aliphatic hydroxyl groups excluding tert-OH is 1. The predicted octanol–water partition coefficient (Wildman–Crippen LogP) is 2.53. The van der Waals surface area contributed by atoms with Gasteiger partial charge < -0.3 is 14.6 Å². The smallest absolute Gasteiger partial charge is 0.332 e. The number of hydrogen-bond donors (Lipinski definition) is 1. The van der Waals surface area contributed by atoms with Gasteiger partial charge in [0.05, 0.1) is 5.60 Å². The largest absolute Gasteiger partial charge is 0.457 e. The Morgan fingerprint density at radius 1 is 1.38 bits per heavy atom. The molecule has 3 aliphatic rings. The summed E-state index contributed by atoms with van der Waals surface area (Å²) < 4.78 is 12.2. The highest BCUT2D eigenvalue weighted by molar-refractivity contribution is 5.70. The van der Waals surface area contributed by atoms with Crippen LogP contribution >= 0.6 is 0 Å². The molecule has 6 atom stereocenters. The second-order valence-corrected chi connectivity index (χ2v) is 7.88. The molecule has 0 aromatic carbocycles. The van der Waals surface area contributed by atoms with Crippen molar-refractivity contribution < 1.29 is 19.4 Å². The standard InChI is InChI=1S/C17H28O4/c1-10(2)17-7-12-11(3)5-6-13(12)16(4,21-17)14(8-17)20-15(19)9-18/h10-14,18H,5-9H2,1-4H3/t11-,12?,13?,14-,16+,17?/m1/s1. The molecule has 0 aromatic rings. The van der Waals surface area contributed by atoms with Crippen LogP contribution in [0.4, 0.5) is 0 Å². The van der Waals surface area contributed by atoms with Gasteiger partial charge in [-0.05, 0) is 43.4 Å². The Balaban J connectivity index is 1.94. The Hall–Kier alpha value is -0.610. The number of carbonyl (C=O) groups is 1. The van der Waals surface area contributed by atoms with E-state index < -0.39 is 12.6 Å². The van der Waals surface area contributed by atoms with Crippen molar-refractivity contribution in [3.8, 4) is 0 Å². The van der Waals surface area contributed by atoms with Gasteiger partial charge in [-0.2, -0.15) is 0 Å². The number of ether oxygens (including phenoxy) is 2. The predicted molar refractivity (Wildman–Crippen MR) is 78.6 cm³/mol. The van der Waals surface area contributed by atoms with E-state index in [1.54, 1.807) is 0 Å². The average molecular weight is 296 g/mol. The van der Waals surface area contributed by atoms with Crippen molar-refractivity contribution in [1.82, 2.24) is 0 Å². The van der Waals surface area contributed by atoms with Gasteiger partial charge in [-0.3, -0.25) is 0 Å². The first-order valence-corrected chi connectivity index (χ1v) is 8.33. The Labute approximate surface area is 127 Å². The highest BCUT2D eigenvalue weighted by Crippen LogP contribution is 2.62. The molecule has 0 aromatic heterocycles. The average Bonchev–Trinajstić information content (AvgIpc) is 2.90. The molecule has 2 aliphatic heterocycles. The van der Waals surface area contributed by atoms with Crippen LogP contribution in [0.15, 0.2) is 0 Å². The summed E-state index contributed by atoms with van der Waals surface area (Å²) in [5.74, 6) is 1.74. The van der Waals surface area contributed by atoms with E-state index in [2.05, 4.69) is 27.7 Å². The van der Waals surface area contributed by atoms with E-state index in [1.165, 1.54) is 6.42 Å². The Morgan fingerprint density at radius 3 is 2.71 bits per heavy atom. The van der Waals surface area contributed by atoms with E-state index in [1.807, 2.05) is 0 Å². The SMILES string of the molecule is CC(C)C12CC3C(CC[C@H]3C)[C@](C)(O1)[C@H](OC(=O)CO)C2. The normalized spacial score (nSPS) is 48.5. The molecular weight excluding hydrogens is 268 g/mol. The fourth-order valence-electron chi connectivity index (χ4n) is 5.17. The third kappa shape index (κ3) is 2.14. The first kappa shape index (κ1) is 15.3. The number of aliphatic hydroxyl groups is 1. The van der Waals surface area contributed by atoms with Crippen LogP contribution in [0.3, 0.4) is 0 Å². The first-order valence-electron chi connectivity index (χ1n) is 8.33. The molecule has 2 saturated heterocycles. The Bertz CT molecular complexity index is 435. The van der Waals surface area contributed by atoms with Crippen molar-refractivity contribution >= 4 is 5.97 Å². The van der Waals surface area contributed by atoms with Gasteiger partial charge in [0.2, 0.25) is 0 Å². The van der Waals surface area contributed by atoms with E-state index in [-0.39, 0.29) is 17.3 Å². The second-order valence-electron chi connectivity index (χ2n) is 7.88. The van der Waals surface area contributed by atoms with Crippen molar-refractivity contribution in [3.05, 3.63) is 0 Å². The van der Waals surface area contributed by atoms with Crippen molar-refractivity contribution in [2.24, 2.45) is 23.7 Å². The van der Waals surface area contributed by atoms with Crippen LogP contribution in [0, 0.1) is 23.7 Å². The minimum atomic E-state index is -0.550. The summed E-state index contributed by atoms with van der Waals surface area (Å²) in [6, 6.07) is 0. The molecular formula is C17H28O4. The fourth-order valence-corrected chi connectivity index (χ4v) is 5.17. The molecule has 2 heterocycles. The van der Waals surface area contributed by atoms with Crippen LogP contribution in [0.1, 0.15) is 53.4 Å². The van der Waals surface area contributed by atoms with Crippen LogP contribution < -0.4 is 0 Å². The van der Waals surface area contributed by atoms with Gasteiger partial charge >= 0.3 is 5.97 Å². The van der Waals surface area contributed by atoms with Gasteiger partial charge in [0.25, 0.3) is 0 Å². The van der Waals surface area contributed by atoms with Gasteiger partial charge in [-0.1, -0.05) is 27.2 Å². The Kier molecular flexibility index (Phi) is 3.61. The number of esters is 1. The molecule has 0 spiro atoms. The molecule has 4 nitrogen and oxygen atoms in total. The number of fused-ring (bicyclic) bond motifs is 4. The second kappa shape index (κ2) is 4.95. The number of carbonyl (C=O) groups excluding carboxylic acids is 1. The monoisotopic (exact) mass is 296 g/mol. The number of hydrogen-bond acceptors (Lipinski definition) is 4. The summed E-state index contributed by atoms with van der Waals surface area (Å²) in [6.45, 7) is 8.34. The molecule has 2 bridgehead atoms. The third-order valence-corrected chi connectivity index (χ3v) is 6.55. The van der Waals surface area contributed by atoms with Gasteiger partial charge in [0, 0.05) is 6.42 Å². The minimum Gasteiger partial charge on any atom is -0.457 e. The Morgan fingerprint density at radius 2 is 2.10 bits per heavy atom. The van der Waals surface area contributed by atoms with Crippen molar-refractivity contribution in [1.29, 1.82) is 0 Å². The van der Waals surface area contributed by atoms with E-state index >= 15 is 0 Å². The lowest BCUT2D eigenvalue weighted by Gasteiger charge is -2.48. The van der Waals surface area contributed by atoms with E-state index in [4.69, 9.17) is 14.6 Å². The van der Waals surface area contributed by atoms with E-state index in [9.17, 15) is 4.79 Å². The lowest BCUT2D eigenvalue weighted by molar-refractivity contribution is -0.214. The van der Waals surface area contributed by atoms with Gasteiger partial charge in [0.15, 0.2) is 0 Å². The molecule has 1 N–H and O–H groups in total. The molecule has 3 unspecified atom stereocenters. The lowest BCUT2D eigenvalue weighted by atomic mass is 9.72. The van der Waals surface area contributed by atoms with Crippen molar-refractivity contribution in [2.45, 2.75) is 70.7 Å². The van der Waals surface area contributed by atoms with E-state index in [0.717, 1.165) is 25.2 Å². The van der Waals surface area contributed by atoms with Crippen molar-refractivity contribution in [2.75, 3.05) is 6.61 Å². The zero-order chi connectivity index (χ0) is 15.4. The van der Waals surface area contributed by atoms with Crippen molar-refractivity contribution in [3.63, 3.8) is 0 Å². The molecule has 3 fully saturated rings. The maximum Gasteiger partial charge on any atom is 0.332 e. The maximum atomic E-state index is 11.6. The van der Waals surface area contributed by atoms with Gasteiger partial charge in [0.1, 0.15) is 18.3 Å². The molecule has 0 radical (unpaired) electrons. The van der Waals surface area contributed by atoms with Crippen LogP contribution in [-0.2, 0) is 14.3 Å². The minimum absolute atomic E-state index is 0.172. The first-order chi connectivity index (χ1) is 9.82. The molecule has 4 heteroatoms. The zero-order valence-electron chi connectivity index (χ0n) is 13.6. The lowest BCUT2D eigenvalue weighted by Crippen LogP contribution is -2.53. The molecule has 0 amide bonds. The molecule has 3 rings (SSSR count). The molecule has 120 valence electrons. The summed E-state index contributed by atoms with van der Waals surface area (Å²) in [5.41, 5.74) is -0.558. The van der Waals surface area contributed by atoms with Crippen LogP contribution in [-0.4, -0.2) is 35.0 Å². The van der Waals surface area contributed by atoms with Gasteiger partial charge in [-0.15, -0.1) is 0 Å². The third-order valence-electron chi connectivity index (χ3n) is 6.55. The van der Waals surface area contributed by atoms with Gasteiger partial charge in [-0.25, -0.2) is 4.79 Å². The fraction of sp³-hybridized carbons (Fsp3) is 0.941. The zero-order valence-corrected chi connectivity index (χ0v) is 13.6. The summed E-state index contributed by atoms with van der Waals surface area (Å²) >= 11 is 0. The highest BCUT2D eigenvalue weighted by atomic mass is 16.6.